The Hall–Kier alpha value is -0.930. The van der Waals surface area contributed by atoms with E-state index in [1.54, 1.807) is 12.1 Å². The standard InChI is InChI=1S/C14H20FNO/c1-16(11-14(17)8-2-3-9-14)10-12-4-6-13(15)7-5-12/h4-7,17H,2-3,8-11H2,1H3. The van der Waals surface area contributed by atoms with Crippen LogP contribution in [-0.2, 0) is 6.54 Å². The van der Waals surface area contributed by atoms with Crippen LogP contribution in [-0.4, -0.2) is 29.2 Å². The average molecular weight is 237 g/mol. The van der Waals surface area contributed by atoms with E-state index in [1.165, 1.54) is 12.1 Å². The van der Waals surface area contributed by atoms with Crippen molar-refractivity contribution >= 4 is 0 Å². The van der Waals surface area contributed by atoms with Gasteiger partial charge in [0, 0.05) is 13.1 Å². The van der Waals surface area contributed by atoms with Gasteiger partial charge in [-0.05, 0) is 37.6 Å². The second kappa shape index (κ2) is 5.15. The molecule has 0 unspecified atom stereocenters. The lowest BCUT2D eigenvalue weighted by Crippen LogP contribution is -2.38. The first kappa shape index (κ1) is 12.5. The largest absolute Gasteiger partial charge is 0.389 e. The van der Waals surface area contributed by atoms with Gasteiger partial charge >= 0.3 is 0 Å². The molecule has 1 aromatic rings. The lowest BCUT2D eigenvalue weighted by atomic mass is 10.0. The molecular weight excluding hydrogens is 217 g/mol. The number of hydrogen-bond acceptors (Lipinski definition) is 2. The molecule has 0 spiro atoms. The first-order valence-corrected chi connectivity index (χ1v) is 6.23. The minimum Gasteiger partial charge on any atom is -0.389 e. The van der Waals surface area contributed by atoms with Crippen LogP contribution in [0.4, 0.5) is 4.39 Å². The van der Waals surface area contributed by atoms with E-state index in [9.17, 15) is 9.50 Å². The van der Waals surface area contributed by atoms with E-state index in [-0.39, 0.29) is 5.82 Å². The van der Waals surface area contributed by atoms with Crippen molar-refractivity contribution in [3.05, 3.63) is 35.6 Å². The average Bonchev–Trinajstić information content (AvgIpc) is 2.68. The lowest BCUT2D eigenvalue weighted by Gasteiger charge is -2.28. The number of benzene rings is 1. The van der Waals surface area contributed by atoms with E-state index in [0.29, 0.717) is 6.54 Å². The summed E-state index contributed by atoms with van der Waals surface area (Å²) in [7, 11) is 2.00. The second-order valence-corrected chi connectivity index (χ2v) is 5.23. The van der Waals surface area contributed by atoms with E-state index < -0.39 is 5.60 Å². The molecule has 0 heterocycles. The van der Waals surface area contributed by atoms with Gasteiger partial charge in [0.25, 0.3) is 0 Å². The van der Waals surface area contributed by atoms with Gasteiger partial charge < -0.3 is 5.11 Å². The summed E-state index contributed by atoms with van der Waals surface area (Å²) in [5, 5.41) is 10.3. The molecule has 0 aliphatic heterocycles. The predicted octanol–water partition coefficient (Wildman–Crippen LogP) is 2.56. The van der Waals surface area contributed by atoms with Crippen LogP contribution in [0.1, 0.15) is 31.2 Å². The van der Waals surface area contributed by atoms with Gasteiger partial charge in [0.2, 0.25) is 0 Å². The van der Waals surface area contributed by atoms with Crippen LogP contribution >= 0.6 is 0 Å². The number of halogens is 1. The molecule has 0 atom stereocenters. The summed E-state index contributed by atoms with van der Waals surface area (Å²) in [6.07, 6.45) is 4.06. The highest BCUT2D eigenvalue weighted by molar-refractivity contribution is 5.15. The number of rotatable bonds is 4. The molecule has 1 aliphatic rings. The third kappa shape index (κ3) is 3.51. The summed E-state index contributed by atoms with van der Waals surface area (Å²) >= 11 is 0. The molecule has 0 aromatic heterocycles. The highest BCUT2D eigenvalue weighted by Gasteiger charge is 2.31. The Labute approximate surface area is 102 Å². The molecule has 0 saturated heterocycles. The van der Waals surface area contributed by atoms with Gasteiger partial charge in [-0.25, -0.2) is 4.39 Å². The number of nitrogens with zero attached hydrogens (tertiary/aromatic N) is 1. The van der Waals surface area contributed by atoms with Gasteiger partial charge in [0.1, 0.15) is 5.82 Å². The zero-order valence-electron chi connectivity index (χ0n) is 10.3. The van der Waals surface area contributed by atoms with Gasteiger partial charge in [0.15, 0.2) is 0 Å². The van der Waals surface area contributed by atoms with Crippen LogP contribution in [0.3, 0.4) is 0 Å². The van der Waals surface area contributed by atoms with E-state index >= 15 is 0 Å². The van der Waals surface area contributed by atoms with Gasteiger partial charge in [-0.1, -0.05) is 25.0 Å². The van der Waals surface area contributed by atoms with Crippen molar-refractivity contribution in [3.8, 4) is 0 Å². The lowest BCUT2D eigenvalue weighted by molar-refractivity contribution is 0.0145. The summed E-state index contributed by atoms with van der Waals surface area (Å²) in [4.78, 5) is 2.11. The van der Waals surface area contributed by atoms with Crippen molar-refractivity contribution in [2.75, 3.05) is 13.6 Å². The van der Waals surface area contributed by atoms with Gasteiger partial charge in [-0.3, -0.25) is 4.90 Å². The normalized spacial score (nSPS) is 18.8. The zero-order valence-corrected chi connectivity index (χ0v) is 10.3. The van der Waals surface area contributed by atoms with Crippen LogP contribution in [0.2, 0.25) is 0 Å². The molecule has 0 bridgehead atoms. The molecule has 0 radical (unpaired) electrons. The first-order valence-electron chi connectivity index (χ1n) is 6.23. The molecule has 2 nitrogen and oxygen atoms in total. The SMILES string of the molecule is CN(Cc1ccc(F)cc1)CC1(O)CCCC1. The summed E-state index contributed by atoms with van der Waals surface area (Å²) in [6.45, 7) is 1.45. The van der Waals surface area contributed by atoms with Gasteiger partial charge in [-0.2, -0.15) is 0 Å². The molecule has 94 valence electrons. The highest BCUT2D eigenvalue weighted by atomic mass is 19.1. The first-order chi connectivity index (χ1) is 8.07. The van der Waals surface area contributed by atoms with Crippen molar-refractivity contribution in [2.24, 2.45) is 0 Å². The Kier molecular flexibility index (Phi) is 3.79. The molecule has 2 rings (SSSR count). The Balaban J connectivity index is 1.88. The second-order valence-electron chi connectivity index (χ2n) is 5.23. The van der Waals surface area contributed by atoms with Crippen LogP contribution in [0.25, 0.3) is 0 Å². The minimum atomic E-state index is -0.505. The highest BCUT2D eigenvalue weighted by Crippen LogP contribution is 2.30. The van der Waals surface area contributed by atoms with Crippen LogP contribution in [0.15, 0.2) is 24.3 Å². The van der Waals surface area contributed by atoms with Crippen molar-refractivity contribution < 1.29 is 9.50 Å². The van der Waals surface area contributed by atoms with Crippen molar-refractivity contribution in [3.63, 3.8) is 0 Å². The molecule has 1 aliphatic carbocycles. The van der Waals surface area contributed by atoms with Gasteiger partial charge in [0.05, 0.1) is 5.60 Å². The van der Waals surface area contributed by atoms with Crippen LogP contribution in [0, 0.1) is 5.82 Å². The fraction of sp³-hybridized carbons (Fsp3) is 0.571. The van der Waals surface area contributed by atoms with E-state index in [2.05, 4.69) is 4.90 Å². The predicted molar refractivity (Wildman–Crippen MR) is 66.2 cm³/mol. The van der Waals surface area contributed by atoms with Crippen molar-refractivity contribution in [2.45, 2.75) is 37.8 Å². The summed E-state index contributed by atoms with van der Waals surface area (Å²) in [5.74, 6) is -0.203. The van der Waals surface area contributed by atoms with Gasteiger partial charge in [-0.15, -0.1) is 0 Å². The molecule has 1 aromatic carbocycles. The Morgan fingerprint density at radius 1 is 1.24 bits per heavy atom. The number of likely N-dealkylation sites (N-methyl/N-ethyl adjacent to an activating group) is 1. The summed E-state index contributed by atoms with van der Waals surface area (Å²) < 4.78 is 12.8. The molecule has 1 fully saturated rings. The molecule has 0 amide bonds. The summed E-state index contributed by atoms with van der Waals surface area (Å²) in [6, 6.07) is 6.55. The maximum absolute atomic E-state index is 12.8. The molecule has 1 saturated carbocycles. The Bertz CT molecular complexity index is 357. The minimum absolute atomic E-state index is 0.203. The quantitative estimate of drug-likeness (QED) is 0.870. The molecular formula is C14H20FNO. The number of aliphatic hydroxyl groups is 1. The third-order valence-corrected chi connectivity index (χ3v) is 3.46. The summed E-state index contributed by atoms with van der Waals surface area (Å²) in [5.41, 5.74) is 0.574. The Morgan fingerprint density at radius 2 is 1.82 bits per heavy atom. The topological polar surface area (TPSA) is 23.5 Å². The third-order valence-electron chi connectivity index (χ3n) is 3.46. The number of hydrogen-bond donors (Lipinski definition) is 1. The van der Waals surface area contributed by atoms with E-state index in [4.69, 9.17) is 0 Å². The monoisotopic (exact) mass is 237 g/mol. The smallest absolute Gasteiger partial charge is 0.123 e. The van der Waals surface area contributed by atoms with Crippen LogP contribution < -0.4 is 0 Å². The molecule has 3 heteroatoms. The maximum atomic E-state index is 12.8. The van der Waals surface area contributed by atoms with Crippen molar-refractivity contribution in [1.82, 2.24) is 4.90 Å². The van der Waals surface area contributed by atoms with Crippen LogP contribution in [0.5, 0.6) is 0 Å². The molecule has 17 heavy (non-hydrogen) atoms. The zero-order chi connectivity index (χ0) is 12.3. The Morgan fingerprint density at radius 3 is 2.41 bits per heavy atom. The van der Waals surface area contributed by atoms with E-state index in [1.807, 2.05) is 7.05 Å². The molecule has 1 N–H and O–H groups in total. The maximum Gasteiger partial charge on any atom is 0.123 e. The fourth-order valence-electron chi connectivity index (χ4n) is 2.65. The van der Waals surface area contributed by atoms with Crippen molar-refractivity contribution in [1.29, 1.82) is 0 Å². The fourth-order valence-corrected chi connectivity index (χ4v) is 2.65. The van der Waals surface area contributed by atoms with E-state index in [0.717, 1.165) is 37.8 Å².